The van der Waals surface area contributed by atoms with Gasteiger partial charge in [0.2, 0.25) is 5.78 Å². The minimum absolute atomic E-state index is 0.0736. The van der Waals surface area contributed by atoms with E-state index in [4.69, 9.17) is 0 Å². The molecule has 118 valence electrons. The third kappa shape index (κ3) is 2.23. The zero-order valence-corrected chi connectivity index (χ0v) is 12.8. The van der Waals surface area contributed by atoms with Gasteiger partial charge in [0, 0.05) is 19.2 Å². The number of fused-ring (bicyclic) bond motifs is 3. The second-order valence-corrected chi connectivity index (χ2v) is 5.41. The zero-order chi connectivity index (χ0) is 16.7. The van der Waals surface area contributed by atoms with Gasteiger partial charge in [-0.25, -0.2) is 0 Å². The first-order chi connectivity index (χ1) is 11.6. The van der Waals surface area contributed by atoms with E-state index in [0.29, 0.717) is 5.82 Å². The van der Waals surface area contributed by atoms with E-state index in [1.165, 1.54) is 12.1 Å². The lowest BCUT2D eigenvalue weighted by Crippen LogP contribution is -1.88. The first kappa shape index (κ1) is 14.1. The molecule has 0 radical (unpaired) electrons. The molecule has 0 amide bonds. The molecular formula is C17H13N5O2. The average Bonchev–Trinajstić information content (AvgIpc) is 3.13. The molecule has 0 aliphatic rings. The van der Waals surface area contributed by atoms with Crippen molar-refractivity contribution in [3.05, 3.63) is 70.0 Å². The van der Waals surface area contributed by atoms with E-state index in [2.05, 4.69) is 10.1 Å². The van der Waals surface area contributed by atoms with Crippen molar-refractivity contribution in [3.8, 4) is 0 Å². The molecule has 0 N–H and O–H groups in total. The number of aromatic nitrogens is 4. The van der Waals surface area contributed by atoms with Crippen LogP contribution >= 0.6 is 0 Å². The molecule has 0 atom stereocenters. The highest BCUT2D eigenvalue weighted by molar-refractivity contribution is 5.80. The van der Waals surface area contributed by atoms with Gasteiger partial charge in [-0.05, 0) is 35.9 Å². The van der Waals surface area contributed by atoms with Crippen LogP contribution in [0.2, 0.25) is 0 Å². The Balaban J connectivity index is 1.69. The number of imidazole rings is 1. The summed E-state index contributed by atoms with van der Waals surface area (Å²) in [6.45, 7) is 0. The van der Waals surface area contributed by atoms with Crippen LogP contribution in [-0.2, 0) is 7.05 Å². The minimum atomic E-state index is -0.414. The number of nitrogens with zero attached hydrogens (tertiary/aromatic N) is 5. The van der Waals surface area contributed by atoms with E-state index in [-0.39, 0.29) is 5.69 Å². The smallest absolute Gasteiger partial charge is 0.269 e. The van der Waals surface area contributed by atoms with Crippen molar-refractivity contribution in [3.63, 3.8) is 0 Å². The van der Waals surface area contributed by atoms with Crippen molar-refractivity contribution < 1.29 is 4.92 Å². The second kappa shape index (κ2) is 5.31. The van der Waals surface area contributed by atoms with Crippen LogP contribution in [0.1, 0.15) is 11.4 Å². The number of para-hydroxylation sites is 2. The van der Waals surface area contributed by atoms with Gasteiger partial charge in [0.25, 0.3) is 5.69 Å². The molecule has 2 aromatic carbocycles. The standard InChI is InChI=1S/C17H13N5O2/c1-20-14-4-2-3-5-15(14)21-17(20)18-16(19-21)11-8-12-6-9-13(10-7-12)22(23)24/h2-11H,1H3. The number of hydrogen-bond donors (Lipinski definition) is 0. The van der Waals surface area contributed by atoms with E-state index >= 15 is 0 Å². The molecular weight excluding hydrogens is 306 g/mol. The summed E-state index contributed by atoms with van der Waals surface area (Å²) < 4.78 is 3.80. The molecule has 0 fully saturated rings. The molecule has 2 heterocycles. The topological polar surface area (TPSA) is 78.3 Å². The summed E-state index contributed by atoms with van der Waals surface area (Å²) in [7, 11) is 1.95. The molecule has 0 saturated carbocycles. The van der Waals surface area contributed by atoms with Crippen molar-refractivity contribution in [2.45, 2.75) is 0 Å². The number of nitro benzene ring substituents is 1. The van der Waals surface area contributed by atoms with Crippen LogP contribution in [0.4, 0.5) is 5.69 Å². The van der Waals surface area contributed by atoms with E-state index < -0.39 is 4.92 Å². The van der Waals surface area contributed by atoms with Gasteiger partial charge < -0.3 is 4.57 Å². The molecule has 0 unspecified atom stereocenters. The van der Waals surface area contributed by atoms with Crippen molar-refractivity contribution in [1.29, 1.82) is 0 Å². The van der Waals surface area contributed by atoms with Crippen LogP contribution in [-0.4, -0.2) is 24.1 Å². The molecule has 2 aromatic heterocycles. The molecule has 0 bridgehead atoms. The fourth-order valence-corrected chi connectivity index (χ4v) is 2.68. The fourth-order valence-electron chi connectivity index (χ4n) is 2.68. The van der Waals surface area contributed by atoms with E-state index in [1.54, 1.807) is 18.2 Å². The average molecular weight is 319 g/mol. The summed E-state index contributed by atoms with van der Waals surface area (Å²) in [4.78, 5) is 14.8. The van der Waals surface area contributed by atoms with Crippen molar-refractivity contribution in [2.24, 2.45) is 7.05 Å². The lowest BCUT2D eigenvalue weighted by atomic mass is 10.2. The second-order valence-electron chi connectivity index (χ2n) is 5.41. The first-order valence-electron chi connectivity index (χ1n) is 7.36. The summed E-state index contributed by atoms with van der Waals surface area (Å²) in [6.07, 6.45) is 3.63. The third-order valence-electron chi connectivity index (χ3n) is 3.91. The minimum Gasteiger partial charge on any atom is -0.311 e. The molecule has 0 aliphatic heterocycles. The van der Waals surface area contributed by atoms with Gasteiger partial charge in [-0.3, -0.25) is 10.1 Å². The highest BCUT2D eigenvalue weighted by Crippen LogP contribution is 2.19. The quantitative estimate of drug-likeness (QED) is 0.429. The largest absolute Gasteiger partial charge is 0.311 e. The van der Waals surface area contributed by atoms with E-state index in [0.717, 1.165) is 22.4 Å². The summed E-state index contributed by atoms with van der Waals surface area (Å²) in [5, 5.41) is 15.2. The van der Waals surface area contributed by atoms with Gasteiger partial charge in [-0.2, -0.15) is 9.50 Å². The Morgan fingerprint density at radius 3 is 2.46 bits per heavy atom. The van der Waals surface area contributed by atoms with Crippen molar-refractivity contribution >= 4 is 34.7 Å². The third-order valence-corrected chi connectivity index (χ3v) is 3.91. The fraction of sp³-hybridized carbons (Fsp3) is 0.0588. The Labute approximate surface area is 136 Å². The Morgan fingerprint density at radius 1 is 1.04 bits per heavy atom. The maximum absolute atomic E-state index is 10.7. The maximum Gasteiger partial charge on any atom is 0.269 e. The predicted octanol–water partition coefficient (Wildman–Crippen LogP) is 3.30. The van der Waals surface area contributed by atoms with Gasteiger partial charge >= 0.3 is 0 Å². The molecule has 7 nitrogen and oxygen atoms in total. The van der Waals surface area contributed by atoms with Crippen molar-refractivity contribution in [1.82, 2.24) is 19.2 Å². The normalized spacial score (nSPS) is 11.7. The van der Waals surface area contributed by atoms with E-state index in [1.807, 2.05) is 46.5 Å². The van der Waals surface area contributed by atoms with Gasteiger partial charge in [-0.1, -0.05) is 18.2 Å². The monoisotopic (exact) mass is 319 g/mol. The van der Waals surface area contributed by atoms with E-state index in [9.17, 15) is 10.1 Å². The molecule has 24 heavy (non-hydrogen) atoms. The molecule has 0 saturated heterocycles. The summed E-state index contributed by atoms with van der Waals surface area (Å²) in [5.74, 6) is 1.35. The van der Waals surface area contributed by atoms with Crippen LogP contribution in [0.5, 0.6) is 0 Å². The SMILES string of the molecule is Cn1c2ccccc2n2nc(C=Cc3ccc([N+](=O)[O-])cc3)nc12. The Kier molecular flexibility index (Phi) is 3.13. The van der Waals surface area contributed by atoms with Crippen LogP contribution < -0.4 is 0 Å². The highest BCUT2D eigenvalue weighted by Gasteiger charge is 2.11. The molecule has 0 aliphatic carbocycles. The van der Waals surface area contributed by atoms with Gasteiger partial charge in [0.1, 0.15) is 0 Å². The van der Waals surface area contributed by atoms with Crippen LogP contribution in [0.25, 0.3) is 29.0 Å². The molecule has 4 aromatic rings. The Hall–Kier alpha value is -3.48. The first-order valence-corrected chi connectivity index (χ1v) is 7.36. The van der Waals surface area contributed by atoms with Crippen LogP contribution in [0.15, 0.2) is 48.5 Å². The molecule has 0 spiro atoms. The number of aryl methyl sites for hydroxylation is 1. The maximum atomic E-state index is 10.7. The predicted molar refractivity (Wildman–Crippen MR) is 91.5 cm³/mol. The summed E-state index contributed by atoms with van der Waals surface area (Å²) >= 11 is 0. The van der Waals surface area contributed by atoms with Gasteiger partial charge in [0.05, 0.1) is 16.0 Å². The molecule has 7 heteroatoms. The molecule has 4 rings (SSSR count). The highest BCUT2D eigenvalue weighted by atomic mass is 16.6. The summed E-state index contributed by atoms with van der Waals surface area (Å²) in [5.41, 5.74) is 2.99. The van der Waals surface area contributed by atoms with Crippen LogP contribution in [0.3, 0.4) is 0 Å². The van der Waals surface area contributed by atoms with Crippen molar-refractivity contribution in [2.75, 3.05) is 0 Å². The Morgan fingerprint density at radius 2 is 1.75 bits per heavy atom. The number of rotatable bonds is 3. The number of hydrogen-bond acceptors (Lipinski definition) is 4. The number of non-ortho nitro benzene ring substituents is 1. The number of nitro groups is 1. The van der Waals surface area contributed by atoms with Crippen LogP contribution in [0, 0.1) is 10.1 Å². The zero-order valence-electron chi connectivity index (χ0n) is 12.8. The lowest BCUT2D eigenvalue weighted by Gasteiger charge is -1.94. The Bertz CT molecular complexity index is 1090. The summed E-state index contributed by atoms with van der Waals surface area (Å²) in [6, 6.07) is 14.3. The van der Waals surface area contributed by atoms with Gasteiger partial charge in [0.15, 0.2) is 5.82 Å². The van der Waals surface area contributed by atoms with Gasteiger partial charge in [-0.15, -0.1) is 5.10 Å². The number of benzene rings is 2. The lowest BCUT2D eigenvalue weighted by molar-refractivity contribution is -0.384.